The lowest BCUT2D eigenvalue weighted by Crippen LogP contribution is -2.45. The van der Waals surface area contributed by atoms with Crippen molar-refractivity contribution in [2.75, 3.05) is 34.0 Å². The molecule has 0 aliphatic carbocycles. The molecule has 0 aromatic heterocycles. The van der Waals surface area contributed by atoms with Gasteiger partial charge in [0.2, 0.25) is 0 Å². The predicted octanol–water partition coefficient (Wildman–Crippen LogP) is 1.63. The van der Waals surface area contributed by atoms with Gasteiger partial charge in [0.25, 0.3) is 0 Å². The predicted molar refractivity (Wildman–Crippen MR) is 66.1 cm³/mol. The topological polar surface area (TPSA) is 42.0 Å². The van der Waals surface area contributed by atoms with Crippen LogP contribution in [0.5, 0.6) is 0 Å². The number of amides is 2. The van der Waals surface area contributed by atoms with Crippen molar-refractivity contribution in [2.24, 2.45) is 5.92 Å². The molecule has 1 heterocycles. The summed E-state index contributed by atoms with van der Waals surface area (Å²) in [5.74, 6) is 0.0267. The Labute approximate surface area is 112 Å². The highest BCUT2D eigenvalue weighted by Gasteiger charge is 2.45. The molecule has 3 unspecified atom stereocenters. The number of nitrogens with zero attached hydrogens (tertiary/aromatic N) is 2. The van der Waals surface area contributed by atoms with Gasteiger partial charge in [-0.1, -0.05) is 13.8 Å². The van der Waals surface area contributed by atoms with Crippen LogP contribution >= 0.6 is 0 Å². The molecule has 112 valence electrons. The summed E-state index contributed by atoms with van der Waals surface area (Å²) in [6.07, 6.45) is -3.12. The van der Waals surface area contributed by atoms with Gasteiger partial charge in [-0.05, 0) is 5.92 Å². The minimum absolute atomic E-state index is 0.0267. The highest BCUT2D eigenvalue weighted by Crippen LogP contribution is 2.27. The van der Waals surface area contributed by atoms with E-state index in [4.69, 9.17) is 9.47 Å². The molecule has 0 spiro atoms. The minimum Gasteiger partial charge on any atom is -0.380 e. The highest BCUT2D eigenvalue weighted by atomic mass is 19.1. The van der Waals surface area contributed by atoms with Crippen molar-refractivity contribution in [3.63, 3.8) is 0 Å². The average Bonchev–Trinajstić information content (AvgIpc) is 2.67. The molecular weight excluding hydrogens is 258 g/mol. The summed E-state index contributed by atoms with van der Waals surface area (Å²) in [4.78, 5) is 14.2. The monoisotopic (exact) mass is 280 g/mol. The lowest BCUT2D eigenvalue weighted by atomic mass is 10.0. The Hall–Kier alpha value is -0.950. The zero-order chi connectivity index (χ0) is 14.6. The summed E-state index contributed by atoms with van der Waals surface area (Å²) in [6, 6.07) is -1.01. The Morgan fingerprint density at radius 3 is 2.21 bits per heavy atom. The standard InChI is InChI=1S/C12H22F2N2O3/c1-8(2)9-5-15(10(13)6-18-3)12(17)16(9)11(14)7-19-4/h8-11H,5-7H2,1-4H3. The van der Waals surface area contributed by atoms with Crippen molar-refractivity contribution in [3.8, 4) is 0 Å². The number of halogens is 2. The number of carbonyl (C=O) groups is 1. The SMILES string of the molecule is COCC(F)N1CC(C(C)C)N(C(F)COC)C1=O. The van der Waals surface area contributed by atoms with Crippen LogP contribution in [-0.2, 0) is 9.47 Å². The van der Waals surface area contributed by atoms with Crippen LogP contribution in [0.15, 0.2) is 0 Å². The number of ether oxygens (including phenoxy) is 2. The van der Waals surface area contributed by atoms with Crippen LogP contribution in [0.4, 0.5) is 13.6 Å². The first-order chi connectivity index (χ1) is 8.93. The fraction of sp³-hybridized carbons (Fsp3) is 0.917. The minimum atomic E-state index is -1.57. The maximum atomic E-state index is 14.0. The first-order valence-corrected chi connectivity index (χ1v) is 6.29. The van der Waals surface area contributed by atoms with E-state index >= 15 is 0 Å². The molecule has 3 atom stereocenters. The molecule has 1 rings (SSSR count). The first kappa shape index (κ1) is 16.1. The molecule has 0 N–H and O–H groups in total. The third-order valence-electron chi connectivity index (χ3n) is 3.23. The van der Waals surface area contributed by atoms with E-state index in [0.29, 0.717) is 0 Å². The summed E-state index contributed by atoms with van der Waals surface area (Å²) < 4.78 is 37.2. The Bertz CT molecular complexity index is 305. The van der Waals surface area contributed by atoms with Gasteiger partial charge in [-0.15, -0.1) is 0 Å². The van der Waals surface area contributed by atoms with Gasteiger partial charge in [0, 0.05) is 20.8 Å². The fourth-order valence-corrected chi connectivity index (χ4v) is 2.20. The van der Waals surface area contributed by atoms with Crippen LogP contribution in [0.2, 0.25) is 0 Å². The van der Waals surface area contributed by atoms with Crippen molar-refractivity contribution in [1.82, 2.24) is 9.80 Å². The Morgan fingerprint density at radius 1 is 1.21 bits per heavy atom. The molecule has 1 aliphatic heterocycles. The van der Waals surface area contributed by atoms with E-state index in [-0.39, 0.29) is 31.7 Å². The summed E-state index contributed by atoms with van der Waals surface area (Å²) in [6.45, 7) is 3.47. The molecule has 1 aliphatic rings. The van der Waals surface area contributed by atoms with Crippen LogP contribution in [0.3, 0.4) is 0 Å². The molecule has 19 heavy (non-hydrogen) atoms. The second kappa shape index (κ2) is 7.00. The van der Waals surface area contributed by atoms with Gasteiger partial charge in [-0.2, -0.15) is 0 Å². The van der Waals surface area contributed by atoms with Gasteiger partial charge in [-0.25, -0.2) is 13.6 Å². The van der Waals surface area contributed by atoms with Crippen molar-refractivity contribution in [3.05, 3.63) is 0 Å². The number of alkyl halides is 2. The third-order valence-corrected chi connectivity index (χ3v) is 3.23. The second-order valence-corrected chi connectivity index (χ2v) is 4.93. The van der Waals surface area contributed by atoms with E-state index in [2.05, 4.69) is 0 Å². The summed E-state index contributed by atoms with van der Waals surface area (Å²) >= 11 is 0. The molecule has 7 heteroatoms. The molecule has 0 bridgehead atoms. The number of hydrogen-bond donors (Lipinski definition) is 0. The lowest BCUT2D eigenvalue weighted by Gasteiger charge is -2.28. The van der Waals surface area contributed by atoms with E-state index in [0.717, 1.165) is 9.80 Å². The average molecular weight is 280 g/mol. The zero-order valence-corrected chi connectivity index (χ0v) is 11.8. The number of urea groups is 1. The lowest BCUT2D eigenvalue weighted by molar-refractivity contribution is 0.0142. The van der Waals surface area contributed by atoms with E-state index in [1.165, 1.54) is 14.2 Å². The summed E-state index contributed by atoms with van der Waals surface area (Å²) in [5.41, 5.74) is 0. The molecule has 1 fully saturated rings. The zero-order valence-electron chi connectivity index (χ0n) is 11.8. The van der Waals surface area contributed by atoms with Crippen molar-refractivity contribution in [1.29, 1.82) is 0 Å². The van der Waals surface area contributed by atoms with Gasteiger partial charge in [0.15, 0.2) is 12.6 Å². The molecular formula is C12H22F2N2O3. The van der Waals surface area contributed by atoms with E-state index in [1.54, 1.807) is 0 Å². The van der Waals surface area contributed by atoms with Crippen LogP contribution in [0, 0.1) is 5.92 Å². The smallest absolute Gasteiger partial charge is 0.325 e. The molecule has 0 saturated carbocycles. The van der Waals surface area contributed by atoms with E-state index in [9.17, 15) is 13.6 Å². The van der Waals surface area contributed by atoms with Gasteiger partial charge in [0.05, 0.1) is 19.3 Å². The van der Waals surface area contributed by atoms with Crippen LogP contribution in [-0.4, -0.2) is 68.4 Å². The quantitative estimate of drug-likeness (QED) is 0.666. The number of hydrogen-bond acceptors (Lipinski definition) is 3. The van der Waals surface area contributed by atoms with Crippen LogP contribution < -0.4 is 0 Å². The number of carbonyl (C=O) groups excluding carboxylic acids is 1. The summed E-state index contributed by atoms with van der Waals surface area (Å²) in [5, 5.41) is 0. The van der Waals surface area contributed by atoms with E-state index < -0.39 is 18.6 Å². The molecule has 1 saturated heterocycles. The Kier molecular flexibility index (Phi) is 5.93. The van der Waals surface area contributed by atoms with Gasteiger partial charge >= 0.3 is 6.03 Å². The van der Waals surface area contributed by atoms with Crippen molar-refractivity contribution < 1.29 is 23.0 Å². The number of methoxy groups -OCH3 is 2. The normalized spacial score (nSPS) is 23.3. The summed E-state index contributed by atoms with van der Waals surface area (Å²) in [7, 11) is 2.71. The van der Waals surface area contributed by atoms with Gasteiger partial charge < -0.3 is 9.47 Å². The molecule has 0 radical (unpaired) electrons. The Balaban J connectivity index is 2.85. The molecule has 0 aromatic rings. The van der Waals surface area contributed by atoms with Gasteiger partial charge in [0.1, 0.15) is 0 Å². The highest BCUT2D eigenvalue weighted by molar-refractivity contribution is 5.77. The van der Waals surface area contributed by atoms with Gasteiger partial charge in [-0.3, -0.25) is 9.80 Å². The van der Waals surface area contributed by atoms with Crippen LogP contribution in [0.1, 0.15) is 13.8 Å². The maximum absolute atomic E-state index is 14.0. The molecule has 0 aromatic carbocycles. The second-order valence-electron chi connectivity index (χ2n) is 4.93. The van der Waals surface area contributed by atoms with E-state index in [1.807, 2.05) is 13.8 Å². The maximum Gasteiger partial charge on any atom is 0.325 e. The molecule has 5 nitrogen and oxygen atoms in total. The number of rotatable bonds is 7. The van der Waals surface area contributed by atoms with Crippen LogP contribution in [0.25, 0.3) is 0 Å². The Morgan fingerprint density at radius 2 is 1.74 bits per heavy atom. The molecule has 2 amide bonds. The third kappa shape index (κ3) is 3.54. The first-order valence-electron chi connectivity index (χ1n) is 6.29. The van der Waals surface area contributed by atoms with Crippen molar-refractivity contribution in [2.45, 2.75) is 32.5 Å². The fourth-order valence-electron chi connectivity index (χ4n) is 2.20. The van der Waals surface area contributed by atoms with Crippen molar-refractivity contribution >= 4 is 6.03 Å². The largest absolute Gasteiger partial charge is 0.380 e.